The Morgan fingerprint density at radius 1 is 1.02 bits per heavy atom. The van der Waals surface area contributed by atoms with Crippen molar-refractivity contribution in [3.63, 3.8) is 0 Å². The van der Waals surface area contributed by atoms with Crippen LogP contribution in [0.4, 0.5) is 32.2 Å². The number of anilines is 1. The van der Waals surface area contributed by atoms with Crippen LogP contribution in [0.2, 0.25) is 0 Å². The molecule has 16 heteroatoms. The van der Waals surface area contributed by atoms with E-state index in [1.807, 2.05) is 6.07 Å². The molecule has 7 rings (SSSR count). The zero-order valence-corrected chi connectivity index (χ0v) is 25.5. The summed E-state index contributed by atoms with van der Waals surface area (Å²) >= 11 is 0. The maximum Gasteiger partial charge on any atom is 0.416 e. The summed E-state index contributed by atoms with van der Waals surface area (Å²) in [5, 5.41) is 5.60. The molecule has 3 atom stereocenters. The molecule has 2 aromatic carbocycles. The number of amides is 2. The second-order valence-electron chi connectivity index (χ2n) is 11.8. The monoisotopic (exact) mass is 679 g/mol. The Hall–Kier alpha value is -3.94. The van der Waals surface area contributed by atoms with E-state index in [4.69, 9.17) is 9.47 Å². The molecule has 0 spiro atoms. The number of aromatic nitrogens is 1. The lowest BCUT2D eigenvalue weighted by Crippen LogP contribution is -2.48. The van der Waals surface area contributed by atoms with E-state index in [9.17, 15) is 35.9 Å². The van der Waals surface area contributed by atoms with Crippen molar-refractivity contribution in [2.75, 3.05) is 38.0 Å². The maximum atomic E-state index is 14.1. The summed E-state index contributed by atoms with van der Waals surface area (Å²) in [7, 11) is -1.21. The summed E-state index contributed by atoms with van der Waals surface area (Å²) in [6.07, 6.45) is -6.72. The van der Waals surface area contributed by atoms with Crippen molar-refractivity contribution in [2.45, 2.75) is 43.2 Å². The van der Waals surface area contributed by atoms with Gasteiger partial charge in [-0.05, 0) is 48.4 Å². The van der Waals surface area contributed by atoms with E-state index in [2.05, 4.69) is 15.4 Å². The van der Waals surface area contributed by atoms with Crippen LogP contribution in [0.1, 0.15) is 44.7 Å². The highest BCUT2D eigenvalue weighted by molar-refractivity contribution is 7.65. The highest BCUT2D eigenvalue weighted by atomic mass is 31.1. The normalized spacial score (nSPS) is 22.4. The molecule has 2 N–H and O–H groups in total. The number of carbonyl (C=O) groups excluding carboxylic acids is 2. The van der Waals surface area contributed by atoms with E-state index < -0.39 is 38.4 Å². The molecule has 2 fully saturated rings. The van der Waals surface area contributed by atoms with E-state index in [0.29, 0.717) is 35.9 Å². The van der Waals surface area contributed by atoms with Crippen molar-refractivity contribution in [3.8, 4) is 17.2 Å². The Labute approximate surface area is 266 Å². The molecule has 4 aliphatic heterocycles. The number of halogens is 6. The highest BCUT2D eigenvalue weighted by Gasteiger charge is 2.60. The van der Waals surface area contributed by atoms with Crippen LogP contribution in [0.25, 0.3) is 0 Å². The Balaban J connectivity index is 1.00. The lowest BCUT2D eigenvalue weighted by atomic mass is 10.0. The predicted molar refractivity (Wildman–Crippen MR) is 158 cm³/mol. The number of rotatable bonds is 7. The van der Waals surface area contributed by atoms with Gasteiger partial charge in [0.1, 0.15) is 28.9 Å². The van der Waals surface area contributed by atoms with Crippen molar-refractivity contribution in [2.24, 2.45) is 0 Å². The molecule has 1 aromatic heterocycles. The van der Waals surface area contributed by atoms with Gasteiger partial charge in [0.05, 0.1) is 17.8 Å². The minimum Gasteiger partial charge on any atom is -0.483 e. The molecule has 0 saturated carbocycles. The van der Waals surface area contributed by atoms with Crippen LogP contribution >= 0.6 is 8.07 Å². The molecule has 5 heterocycles. The second-order valence-corrected chi connectivity index (χ2v) is 13.9. The van der Waals surface area contributed by atoms with Crippen molar-refractivity contribution >= 4 is 25.7 Å². The molecule has 2 amide bonds. The van der Waals surface area contributed by atoms with Crippen LogP contribution in [-0.4, -0.2) is 71.3 Å². The summed E-state index contributed by atoms with van der Waals surface area (Å²) in [5.74, 6) is 1.13. The summed E-state index contributed by atoms with van der Waals surface area (Å²) in [6, 6.07) is 10.5. The molecular formula is C31H28F6N5O4P. The maximum absolute atomic E-state index is 14.1. The van der Waals surface area contributed by atoms with Gasteiger partial charge in [-0.1, -0.05) is 6.07 Å². The Morgan fingerprint density at radius 3 is 2.53 bits per heavy atom. The van der Waals surface area contributed by atoms with Crippen molar-refractivity contribution < 1.29 is 45.4 Å². The van der Waals surface area contributed by atoms with Gasteiger partial charge in [0, 0.05) is 70.1 Å². The molecule has 47 heavy (non-hydrogen) atoms. The standard InChI is InChI=1S/C31H28F6N5O4P/c32-30(33,34)16-42-11-9-41(10-12-42)15-18-2-1-17(13-22(18)31(35,36)37)28(44)40-47-26-21-14-19(3-5-23(21)46-29(26)47)45-24-7-8-38-27-20(24)4-6-25(43)39-27/h1-3,5,7-8,13-14,26,29H,4,6,9-12,15-16H2,(H,40,44)(H,38,39,43)/t26-,29-,47?/m1/s1. The van der Waals surface area contributed by atoms with Crippen LogP contribution in [0.3, 0.4) is 0 Å². The zero-order chi connectivity index (χ0) is 33.1. The average molecular weight is 680 g/mol. The zero-order valence-electron chi connectivity index (χ0n) is 24.6. The molecule has 3 aromatic rings. The Kier molecular flexibility index (Phi) is 8.04. The number of piperazine rings is 1. The first-order valence-corrected chi connectivity index (χ1v) is 16.4. The molecule has 9 nitrogen and oxygen atoms in total. The van der Waals surface area contributed by atoms with Crippen LogP contribution in [0.5, 0.6) is 17.2 Å². The van der Waals surface area contributed by atoms with Crippen molar-refractivity contribution in [1.29, 1.82) is 0 Å². The average Bonchev–Trinajstić information content (AvgIpc) is 3.52. The van der Waals surface area contributed by atoms with Crippen LogP contribution in [-0.2, 0) is 23.9 Å². The van der Waals surface area contributed by atoms with Gasteiger partial charge in [-0.2, -0.15) is 26.3 Å². The third kappa shape index (κ3) is 6.74. The first-order chi connectivity index (χ1) is 22.3. The molecule has 0 bridgehead atoms. The fraction of sp³-hybridized carbons (Fsp3) is 0.387. The number of carbonyl (C=O) groups is 2. The Bertz CT molecular complexity index is 1730. The lowest BCUT2D eigenvalue weighted by Gasteiger charge is -2.35. The van der Waals surface area contributed by atoms with E-state index in [-0.39, 0.29) is 61.3 Å². The van der Waals surface area contributed by atoms with Crippen molar-refractivity contribution in [1.82, 2.24) is 19.9 Å². The van der Waals surface area contributed by atoms with Gasteiger partial charge in [-0.3, -0.25) is 19.4 Å². The summed E-state index contributed by atoms with van der Waals surface area (Å²) in [6.45, 7) is -0.572. The van der Waals surface area contributed by atoms with E-state index in [1.165, 1.54) is 17.0 Å². The number of hydrogen-bond donors (Lipinski definition) is 2. The predicted octanol–water partition coefficient (Wildman–Crippen LogP) is 6.06. The minimum absolute atomic E-state index is 0.0463. The number of hydrogen-bond acceptors (Lipinski definition) is 7. The van der Waals surface area contributed by atoms with Crippen LogP contribution in [0.15, 0.2) is 48.7 Å². The number of benzene rings is 2. The first kappa shape index (κ1) is 31.6. The first-order valence-electron chi connectivity index (χ1n) is 14.9. The number of nitrogens with zero attached hydrogens (tertiary/aromatic N) is 3. The molecular weight excluding hydrogens is 651 g/mol. The van der Waals surface area contributed by atoms with Gasteiger partial charge in [0.2, 0.25) is 5.91 Å². The fourth-order valence-corrected chi connectivity index (χ4v) is 8.41. The number of nitrogens with one attached hydrogen (secondary N) is 2. The molecule has 1 unspecified atom stereocenters. The molecule has 2 saturated heterocycles. The van der Waals surface area contributed by atoms with E-state index >= 15 is 0 Å². The molecule has 248 valence electrons. The van der Waals surface area contributed by atoms with E-state index in [1.54, 1.807) is 29.3 Å². The topological polar surface area (TPSA) is 96.0 Å². The molecule has 0 radical (unpaired) electrons. The quantitative estimate of drug-likeness (QED) is 0.232. The lowest BCUT2D eigenvalue weighted by molar-refractivity contribution is -0.149. The van der Waals surface area contributed by atoms with E-state index in [0.717, 1.165) is 17.2 Å². The third-order valence-electron chi connectivity index (χ3n) is 8.57. The number of alkyl halides is 6. The number of fused-ring (bicyclic) bond motifs is 4. The van der Waals surface area contributed by atoms with Gasteiger partial charge in [-0.15, -0.1) is 0 Å². The summed E-state index contributed by atoms with van der Waals surface area (Å²) < 4.78 is 92.5. The second kappa shape index (κ2) is 11.9. The fourth-order valence-electron chi connectivity index (χ4n) is 6.21. The summed E-state index contributed by atoms with van der Waals surface area (Å²) in [4.78, 5) is 32.0. The van der Waals surface area contributed by atoms with Crippen molar-refractivity contribution in [3.05, 3.63) is 76.5 Å². The van der Waals surface area contributed by atoms with Crippen LogP contribution in [0, 0.1) is 0 Å². The molecule has 4 aliphatic rings. The highest BCUT2D eigenvalue weighted by Crippen LogP contribution is 2.78. The largest absolute Gasteiger partial charge is 0.483 e. The van der Waals surface area contributed by atoms with Gasteiger partial charge in [0.25, 0.3) is 5.91 Å². The number of ether oxygens (including phenoxy) is 2. The minimum atomic E-state index is -4.73. The molecule has 0 aliphatic carbocycles. The summed E-state index contributed by atoms with van der Waals surface area (Å²) in [5.41, 5.74) is 0.334. The van der Waals surface area contributed by atoms with Gasteiger partial charge >= 0.3 is 12.4 Å². The SMILES string of the molecule is O=C1CCc2c(Oc3ccc4c(c3)[C@@H]3[C@H](O4)P3NC(=O)c3ccc(CN4CCN(CC(F)(F)F)CC4)c(C(F)(F)F)c3)ccnc2N1. The third-order valence-corrected chi connectivity index (χ3v) is 10.8. The van der Waals surface area contributed by atoms with Gasteiger partial charge < -0.3 is 19.9 Å². The Morgan fingerprint density at radius 2 is 1.79 bits per heavy atom. The van der Waals surface area contributed by atoms with Crippen LogP contribution < -0.4 is 19.9 Å². The number of pyridine rings is 1. The smallest absolute Gasteiger partial charge is 0.416 e. The van der Waals surface area contributed by atoms with Gasteiger partial charge in [0.15, 0.2) is 0 Å². The van der Waals surface area contributed by atoms with Gasteiger partial charge in [-0.25, -0.2) is 4.98 Å².